The van der Waals surface area contributed by atoms with Crippen molar-refractivity contribution in [2.45, 2.75) is 37.2 Å². The maximum Gasteiger partial charge on any atom is 0.230 e. The van der Waals surface area contributed by atoms with Gasteiger partial charge in [-0.2, -0.15) is 0 Å². The number of carbonyl (C=O) groups is 1. The minimum Gasteiger partial charge on any atom is -0.486 e. The topological polar surface area (TPSA) is 47.6 Å². The summed E-state index contributed by atoms with van der Waals surface area (Å²) >= 11 is 0. The molecule has 1 saturated carbocycles. The number of fused-ring (bicyclic) bond motifs is 1. The van der Waals surface area contributed by atoms with Gasteiger partial charge < -0.3 is 14.8 Å². The lowest BCUT2D eigenvalue weighted by Crippen LogP contribution is -2.47. The van der Waals surface area contributed by atoms with E-state index in [0.717, 1.165) is 42.7 Å². The van der Waals surface area contributed by atoms with Crippen LogP contribution in [-0.2, 0) is 10.2 Å². The number of para-hydroxylation sites is 2. The van der Waals surface area contributed by atoms with E-state index in [1.807, 2.05) is 42.5 Å². The first-order valence-corrected chi connectivity index (χ1v) is 9.00. The fourth-order valence-corrected chi connectivity index (χ4v) is 3.92. The van der Waals surface area contributed by atoms with Crippen LogP contribution in [-0.4, -0.2) is 25.2 Å². The molecule has 1 fully saturated rings. The highest BCUT2D eigenvalue weighted by atomic mass is 16.6. The van der Waals surface area contributed by atoms with Crippen molar-refractivity contribution >= 4 is 5.91 Å². The molecule has 1 N–H and O–H groups in total. The second-order valence-corrected chi connectivity index (χ2v) is 6.86. The summed E-state index contributed by atoms with van der Waals surface area (Å²) in [5, 5.41) is 3.12. The van der Waals surface area contributed by atoms with Crippen molar-refractivity contribution in [1.82, 2.24) is 5.32 Å². The van der Waals surface area contributed by atoms with Crippen molar-refractivity contribution in [2.24, 2.45) is 0 Å². The lowest BCUT2D eigenvalue weighted by atomic mass is 9.78. The molecule has 2 aromatic carbocycles. The van der Waals surface area contributed by atoms with Crippen LogP contribution in [0.1, 0.15) is 31.2 Å². The SMILES string of the molecule is O=C(NC[C@@H]1COc2ccccc2O1)C1(c2ccccc2)CCCC1. The van der Waals surface area contributed by atoms with Gasteiger partial charge in [-0.1, -0.05) is 55.3 Å². The molecule has 1 heterocycles. The third kappa shape index (κ3) is 3.09. The fourth-order valence-electron chi connectivity index (χ4n) is 3.92. The third-order valence-corrected chi connectivity index (χ3v) is 5.28. The molecule has 0 spiro atoms. The van der Waals surface area contributed by atoms with Gasteiger partial charge in [0.1, 0.15) is 12.7 Å². The van der Waals surface area contributed by atoms with Gasteiger partial charge in [-0.3, -0.25) is 4.79 Å². The summed E-state index contributed by atoms with van der Waals surface area (Å²) in [4.78, 5) is 13.0. The maximum absolute atomic E-state index is 13.0. The molecule has 1 aliphatic heterocycles. The second-order valence-electron chi connectivity index (χ2n) is 6.86. The zero-order valence-corrected chi connectivity index (χ0v) is 14.2. The first-order chi connectivity index (χ1) is 12.3. The molecule has 0 unspecified atom stereocenters. The van der Waals surface area contributed by atoms with Crippen LogP contribution in [0, 0.1) is 0 Å². The summed E-state index contributed by atoms with van der Waals surface area (Å²) in [6.45, 7) is 0.914. The van der Waals surface area contributed by atoms with Crippen LogP contribution in [0.3, 0.4) is 0 Å². The molecular weight excluding hydrogens is 314 g/mol. The van der Waals surface area contributed by atoms with Gasteiger partial charge in [0.05, 0.1) is 12.0 Å². The largest absolute Gasteiger partial charge is 0.486 e. The van der Waals surface area contributed by atoms with E-state index in [9.17, 15) is 4.79 Å². The molecule has 130 valence electrons. The molecule has 4 heteroatoms. The Kier molecular flexibility index (Phi) is 4.35. The van der Waals surface area contributed by atoms with Crippen LogP contribution in [0.2, 0.25) is 0 Å². The number of hydrogen-bond donors (Lipinski definition) is 1. The van der Waals surface area contributed by atoms with Crippen molar-refractivity contribution in [3.05, 3.63) is 60.2 Å². The summed E-state index contributed by atoms with van der Waals surface area (Å²) in [7, 11) is 0. The van der Waals surface area contributed by atoms with Crippen LogP contribution in [0.15, 0.2) is 54.6 Å². The summed E-state index contributed by atoms with van der Waals surface area (Å²) in [6, 6.07) is 17.8. The molecule has 1 aliphatic carbocycles. The Balaban J connectivity index is 1.43. The van der Waals surface area contributed by atoms with E-state index in [-0.39, 0.29) is 12.0 Å². The van der Waals surface area contributed by atoms with Crippen molar-refractivity contribution in [2.75, 3.05) is 13.2 Å². The molecule has 2 aliphatic rings. The molecule has 1 amide bonds. The van der Waals surface area contributed by atoms with E-state index in [1.54, 1.807) is 0 Å². The summed E-state index contributed by atoms with van der Waals surface area (Å²) in [5.41, 5.74) is 0.727. The van der Waals surface area contributed by atoms with E-state index in [4.69, 9.17) is 9.47 Å². The van der Waals surface area contributed by atoms with Crippen LogP contribution < -0.4 is 14.8 Å². The van der Waals surface area contributed by atoms with E-state index < -0.39 is 5.41 Å². The van der Waals surface area contributed by atoms with Crippen molar-refractivity contribution < 1.29 is 14.3 Å². The average molecular weight is 337 g/mol. The summed E-state index contributed by atoms with van der Waals surface area (Å²) < 4.78 is 11.7. The van der Waals surface area contributed by atoms with Gasteiger partial charge in [-0.25, -0.2) is 0 Å². The Bertz CT molecular complexity index is 738. The lowest BCUT2D eigenvalue weighted by Gasteiger charge is -2.31. The number of rotatable bonds is 4. The quantitative estimate of drug-likeness (QED) is 0.929. The zero-order chi connectivity index (χ0) is 17.1. The normalized spacial score (nSPS) is 20.9. The molecule has 25 heavy (non-hydrogen) atoms. The predicted octanol–water partition coefficient (Wildman–Crippen LogP) is 3.45. The Morgan fingerprint density at radius 2 is 1.68 bits per heavy atom. The van der Waals surface area contributed by atoms with Gasteiger partial charge in [-0.15, -0.1) is 0 Å². The van der Waals surface area contributed by atoms with Gasteiger partial charge >= 0.3 is 0 Å². The third-order valence-electron chi connectivity index (χ3n) is 5.28. The van der Waals surface area contributed by atoms with E-state index in [1.165, 1.54) is 0 Å². The Labute approximate surface area is 148 Å². The van der Waals surface area contributed by atoms with Gasteiger partial charge in [0.15, 0.2) is 11.5 Å². The standard InChI is InChI=1S/C21H23NO3/c23-20(21(12-6-7-13-21)16-8-2-1-3-9-16)22-14-17-15-24-18-10-4-5-11-19(18)25-17/h1-5,8-11,17H,6-7,12-15H2,(H,22,23)/t17-/m1/s1. The number of ether oxygens (including phenoxy) is 2. The van der Waals surface area contributed by atoms with Gasteiger partial charge in [-0.05, 0) is 30.5 Å². The van der Waals surface area contributed by atoms with Gasteiger partial charge in [0.25, 0.3) is 0 Å². The Morgan fingerprint density at radius 1 is 1.00 bits per heavy atom. The minimum absolute atomic E-state index is 0.110. The molecule has 4 nitrogen and oxygen atoms in total. The fraction of sp³-hybridized carbons (Fsp3) is 0.381. The molecule has 2 aromatic rings. The first kappa shape index (κ1) is 16.0. The number of carbonyl (C=O) groups excluding carboxylic acids is 1. The highest BCUT2D eigenvalue weighted by Crippen LogP contribution is 2.41. The van der Waals surface area contributed by atoms with E-state index in [2.05, 4.69) is 17.4 Å². The molecular formula is C21H23NO3. The van der Waals surface area contributed by atoms with Crippen molar-refractivity contribution in [3.8, 4) is 11.5 Å². The Hall–Kier alpha value is -2.49. The number of amides is 1. The van der Waals surface area contributed by atoms with Crippen molar-refractivity contribution in [1.29, 1.82) is 0 Å². The lowest BCUT2D eigenvalue weighted by molar-refractivity contribution is -0.127. The average Bonchev–Trinajstić information content (AvgIpc) is 3.18. The van der Waals surface area contributed by atoms with Gasteiger partial charge in [0, 0.05) is 0 Å². The number of nitrogens with one attached hydrogen (secondary N) is 1. The monoisotopic (exact) mass is 337 g/mol. The zero-order valence-electron chi connectivity index (χ0n) is 14.2. The van der Waals surface area contributed by atoms with Crippen molar-refractivity contribution in [3.63, 3.8) is 0 Å². The predicted molar refractivity (Wildman–Crippen MR) is 96.0 cm³/mol. The molecule has 0 bridgehead atoms. The number of benzene rings is 2. The highest BCUT2D eigenvalue weighted by Gasteiger charge is 2.42. The van der Waals surface area contributed by atoms with E-state index in [0.29, 0.717) is 13.2 Å². The molecule has 4 rings (SSSR count). The second kappa shape index (κ2) is 6.79. The summed E-state index contributed by atoms with van der Waals surface area (Å²) in [5.74, 6) is 1.62. The molecule has 0 aromatic heterocycles. The summed E-state index contributed by atoms with van der Waals surface area (Å²) in [6.07, 6.45) is 3.85. The van der Waals surface area contributed by atoms with E-state index >= 15 is 0 Å². The minimum atomic E-state index is -0.394. The maximum atomic E-state index is 13.0. The van der Waals surface area contributed by atoms with Crippen LogP contribution in [0.5, 0.6) is 11.5 Å². The molecule has 0 saturated heterocycles. The van der Waals surface area contributed by atoms with Crippen LogP contribution >= 0.6 is 0 Å². The van der Waals surface area contributed by atoms with Crippen LogP contribution in [0.25, 0.3) is 0 Å². The smallest absolute Gasteiger partial charge is 0.230 e. The molecule has 1 atom stereocenters. The Morgan fingerprint density at radius 3 is 2.44 bits per heavy atom. The first-order valence-electron chi connectivity index (χ1n) is 9.00. The van der Waals surface area contributed by atoms with Crippen LogP contribution in [0.4, 0.5) is 0 Å². The highest BCUT2D eigenvalue weighted by molar-refractivity contribution is 5.88. The molecule has 0 radical (unpaired) electrons. The van der Waals surface area contributed by atoms with Gasteiger partial charge in [0.2, 0.25) is 5.91 Å². The number of hydrogen-bond acceptors (Lipinski definition) is 3.